The van der Waals surface area contributed by atoms with Crippen LogP contribution in [0.5, 0.6) is 0 Å². The van der Waals surface area contributed by atoms with Gasteiger partial charge in [0.25, 0.3) is 0 Å². The predicted octanol–water partition coefficient (Wildman–Crippen LogP) is 2.61. The van der Waals surface area contributed by atoms with Crippen LogP contribution in [0.15, 0.2) is 12.1 Å². The smallest absolute Gasteiger partial charge is 0.326 e. The number of hydrogen-bond acceptors (Lipinski definition) is 1. The monoisotopic (exact) mass is 207 g/mol. The van der Waals surface area contributed by atoms with Crippen molar-refractivity contribution in [2.24, 2.45) is 5.73 Å². The fourth-order valence-electron chi connectivity index (χ4n) is 1.20. The van der Waals surface area contributed by atoms with E-state index in [9.17, 15) is 17.6 Å². The Labute approximate surface area is 78.5 Å². The minimum absolute atomic E-state index is 0.0145. The minimum Gasteiger partial charge on any atom is -0.326 e. The van der Waals surface area contributed by atoms with E-state index in [0.717, 1.165) is 6.07 Å². The first-order chi connectivity index (χ1) is 6.36. The first-order valence-electron chi connectivity index (χ1n) is 3.92. The van der Waals surface area contributed by atoms with Gasteiger partial charge >= 0.3 is 6.18 Å². The summed E-state index contributed by atoms with van der Waals surface area (Å²) in [6.45, 7) is 1.17. The Morgan fingerprint density at radius 1 is 1.29 bits per heavy atom. The molecule has 0 aliphatic heterocycles. The quantitative estimate of drug-likeness (QED) is 0.704. The maximum atomic E-state index is 13.0. The van der Waals surface area contributed by atoms with E-state index in [-0.39, 0.29) is 17.7 Å². The van der Waals surface area contributed by atoms with Crippen molar-refractivity contribution in [3.63, 3.8) is 0 Å². The van der Waals surface area contributed by atoms with Crippen molar-refractivity contribution in [3.8, 4) is 0 Å². The van der Waals surface area contributed by atoms with Crippen LogP contribution in [0.1, 0.15) is 16.7 Å². The molecule has 0 atom stereocenters. The first-order valence-corrected chi connectivity index (χ1v) is 3.92. The molecular weight excluding hydrogens is 198 g/mol. The van der Waals surface area contributed by atoms with Crippen LogP contribution in [0.3, 0.4) is 0 Å². The number of alkyl halides is 3. The van der Waals surface area contributed by atoms with Crippen LogP contribution in [0, 0.1) is 12.7 Å². The molecule has 0 aliphatic carbocycles. The molecule has 1 aromatic carbocycles. The van der Waals surface area contributed by atoms with Crippen LogP contribution in [0.4, 0.5) is 17.6 Å². The van der Waals surface area contributed by atoms with Crippen molar-refractivity contribution >= 4 is 0 Å². The number of benzene rings is 1. The Morgan fingerprint density at radius 3 is 2.29 bits per heavy atom. The van der Waals surface area contributed by atoms with Crippen molar-refractivity contribution in [2.75, 3.05) is 0 Å². The van der Waals surface area contributed by atoms with Gasteiger partial charge in [0, 0.05) is 12.1 Å². The number of nitrogens with two attached hydrogens (primary N) is 1. The molecular formula is C9H9F4N. The molecule has 1 rings (SSSR count). The van der Waals surface area contributed by atoms with E-state index in [1.54, 1.807) is 0 Å². The molecule has 0 fully saturated rings. The number of hydrogen-bond donors (Lipinski definition) is 1. The molecule has 0 amide bonds. The number of aryl methyl sites for hydroxylation is 1. The molecule has 2 N–H and O–H groups in total. The van der Waals surface area contributed by atoms with Gasteiger partial charge in [-0.2, -0.15) is 13.2 Å². The average molecular weight is 207 g/mol. The average Bonchev–Trinajstić information content (AvgIpc) is 2.06. The molecule has 0 unspecified atom stereocenters. The summed E-state index contributed by atoms with van der Waals surface area (Å²) in [6.07, 6.45) is -4.52. The molecule has 78 valence electrons. The summed E-state index contributed by atoms with van der Waals surface area (Å²) in [5, 5.41) is 0. The highest BCUT2D eigenvalue weighted by Gasteiger charge is 2.33. The molecule has 14 heavy (non-hydrogen) atoms. The zero-order valence-corrected chi connectivity index (χ0v) is 7.45. The highest BCUT2D eigenvalue weighted by Crippen LogP contribution is 2.32. The Hall–Kier alpha value is -1.10. The van der Waals surface area contributed by atoms with Crippen LogP contribution >= 0.6 is 0 Å². The zero-order chi connectivity index (χ0) is 10.9. The number of halogens is 4. The molecule has 1 aromatic rings. The molecule has 1 nitrogen and oxygen atoms in total. The molecule has 0 aromatic heterocycles. The van der Waals surface area contributed by atoms with Crippen LogP contribution in [0.25, 0.3) is 0 Å². The lowest BCUT2D eigenvalue weighted by Crippen LogP contribution is -2.10. The topological polar surface area (TPSA) is 26.0 Å². The molecule has 0 bridgehead atoms. The summed E-state index contributed by atoms with van der Waals surface area (Å²) in [4.78, 5) is 0. The zero-order valence-electron chi connectivity index (χ0n) is 7.45. The first kappa shape index (κ1) is 11.0. The summed E-state index contributed by atoms with van der Waals surface area (Å²) < 4.78 is 49.8. The van der Waals surface area contributed by atoms with E-state index in [2.05, 4.69) is 0 Å². The molecule has 0 saturated carbocycles. The van der Waals surface area contributed by atoms with Crippen LogP contribution < -0.4 is 5.73 Å². The summed E-state index contributed by atoms with van der Waals surface area (Å²) in [6, 6.07) is 1.61. The Kier molecular flexibility index (Phi) is 2.80. The van der Waals surface area contributed by atoms with Crippen LogP contribution in [-0.4, -0.2) is 0 Å². The summed E-state index contributed by atoms with van der Waals surface area (Å²) >= 11 is 0. The molecule has 5 heteroatoms. The maximum Gasteiger partial charge on any atom is 0.416 e. The largest absolute Gasteiger partial charge is 0.416 e. The van der Waals surface area contributed by atoms with Crippen molar-refractivity contribution in [1.82, 2.24) is 0 Å². The lowest BCUT2D eigenvalue weighted by molar-refractivity contribution is -0.138. The van der Waals surface area contributed by atoms with Gasteiger partial charge in [-0.15, -0.1) is 0 Å². The highest BCUT2D eigenvalue weighted by molar-refractivity contribution is 5.34. The van der Waals surface area contributed by atoms with Gasteiger partial charge in [-0.25, -0.2) is 4.39 Å². The molecule has 0 radical (unpaired) electrons. The third-order valence-corrected chi connectivity index (χ3v) is 1.92. The summed E-state index contributed by atoms with van der Waals surface area (Å²) in [5.74, 6) is -0.912. The van der Waals surface area contributed by atoms with Gasteiger partial charge in [0.05, 0.1) is 5.56 Å². The second-order valence-corrected chi connectivity index (χ2v) is 2.96. The fraction of sp³-hybridized carbons (Fsp3) is 0.333. The van der Waals surface area contributed by atoms with E-state index in [1.165, 1.54) is 6.92 Å². The molecule has 0 aliphatic rings. The molecule has 0 heterocycles. The second-order valence-electron chi connectivity index (χ2n) is 2.96. The van der Waals surface area contributed by atoms with E-state index in [4.69, 9.17) is 5.73 Å². The van der Waals surface area contributed by atoms with E-state index < -0.39 is 17.6 Å². The normalized spacial score (nSPS) is 11.9. The fourth-order valence-corrected chi connectivity index (χ4v) is 1.20. The third-order valence-electron chi connectivity index (χ3n) is 1.92. The summed E-state index contributed by atoms with van der Waals surface area (Å²) in [5.41, 5.74) is 4.28. The van der Waals surface area contributed by atoms with E-state index in [0.29, 0.717) is 6.07 Å². The van der Waals surface area contributed by atoms with E-state index in [1.807, 2.05) is 0 Å². The van der Waals surface area contributed by atoms with E-state index >= 15 is 0 Å². The van der Waals surface area contributed by atoms with Gasteiger partial charge in [0.2, 0.25) is 0 Å². The van der Waals surface area contributed by atoms with Gasteiger partial charge in [-0.3, -0.25) is 0 Å². The van der Waals surface area contributed by atoms with Gasteiger partial charge < -0.3 is 5.73 Å². The lowest BCUT2D eigenvalue weighted by atomic mass is 10.0. The van der Waals surface area contributed by atoms with Crippen LogP contribution in [-0.2, 0) is 12.7 Å². The van der Waals surface area contributed by atoms with Gasteiger partial charge in [-0.05, 0) is 18.6 Å². The lowest BCUT2D eigenvalue weighted by Gasteiger charge is -2.11. The predicted molar refractivity (Wildman–Crippen MR) is 44.0 cm³/mol. The SMILES string of the molecule is Cc1cc(CN)c(F)cc1C(F)(F)F. The Morgan fingerprint density at radius 2 is 1.86 bits per heavy atom. The second kappa shape index (κ2) is 3.57. The Balaban J connectivity index is 3.29. The highest BCUT2D eigenvalue weighted by atomic mass is 19.4. The van der Waals surface area contributed by atoms with Crippen LogP contribution in [0.2, 0.25) is 0 Å². The van der Waals surface area contributed by atoms with Gasteiger partial charge in [0.1, 0.15) is 5.82 Å². The molecule has 0 spiro atoms. The van der Waals surface area contributed by atoms with Crippen molar-refractivity contribution < 1.29 is 17.6 Å². The third kappa shape index (κ3) is 2.04. The van der Waals surface area contributed by atoms with Crippen molar-refractivity contribution in [2.45, 2.75) is 19.6 Å². The standard InChI is InChI=1S/C9H9F4N/c1-5-2-6(4-14)8(10)3-7(5)9(11,12)13/h2-3H,4,14H2,1H3. The summed E-state index contributed by atoms with van der Waals surface area (Å²) in [7, 11) is 0. The Bertz CT molecular complexity index is 343. The molecule has 0 saturated heterocycles. The maximum absolute atomic E-state index is 13.0. The van der Waals surface area contributed by atoms with Gasteiger partial charge in [-0.1, -0.05) is 6.07 Å². The van der Waals surface area contributed by atoms with Crippen molar-refractivity contribution in [3.05, 3.63) is 34.6 Å². The van der Waals surface area contributed by atoms with Crippen molar-refractivity contribution in [1.29, 1.82) is 0 Å². The minimum atomic E-state index is -4.52. The number of rotatable bonds is 1. The van der Waals surface area contributed by atoms with Gasteiger partial charge in [0.15, 0.2) is 0 Å².